The Morgan fingerprint density at radius 1 is 1.50 bits per heavy atom. The summed E-state index contributed by atoms with van der Waals surface area (Å²) < 4.78 is 5.46. The van der Waals surface area contributed by atoms with Crippen molar-refractivity contribution >= 4 is 5.91 Å². The predicted molar refractivity (Wildman–Crippen MR) is 94.1 cm³/mol. The third-order valence-electron chi connectivity index (χ3n) is 4.06. The van der Waals surface area contributed by atoms with Crippen LogP contribution in [0, 0.1) is 0 Å². The minimum Gasteiger partial charge on any atom is -0.376 e. The van der Waals surface area contributed by atoms with E-state index in [1.54, 1.807) is 12.1 Å². The van der Waals surface area contributed by atoms with Crippen LogP contribution in [0.2, 0.25) is 0 Å². The number of H-pyrrole nitrogens is 1. The molecule has 2 rings (SSSR count). The van der Waals surface area contributed by atoms with E-state index in [4.69, 9.17) is 4.74 Å². The maximum absolute atomic E-state index is 12.2. The fraction of sp³-hybridized carbons (Fsp3) is 0.556. The Morgan fingerprint density at radius 2 is 2.29 bits per heavy atom. The summed E-state index contributed by atoms with van der Waals surface area (Å²) in [5.74, 6) is -0.354. The highest BCUT2D eigenvalue weighted by Gasteiger charge is 2.18. The van der Waals surface area contributed by atoms with E-state index in [1.807, 2.05) is 6.92 Å². The van der Waals surface area contributed by atoms with Gasteiger partial charge >= 0.3 is 0 Å². The molecule has 1 unspecified atom stereocenters. The number of hydrogen-bond acceptors (Lipinski definition) is 4. The molecule has 0 radical (unpaired) electrons. The second kappa shape index (κ2) is 8.80. The van der Waals surface area contributed by atoms with Crippen molar-refractivity contribution in [3.05, 3.63) is 45.9 Å². The smallest absolute Gasteiger partial charge is 0.261 e. The molecule has 6 nitrogen and oxygen atoms in total. The molecule has 2 heterocycles. The van der Waals surface area contributed by atoms with Gasteiger partial charge in [-0.1, -0.05) is 19.1 Å². The van der Waals surface area contributed by atoms with Crippen molar-refractivity contribution in [3.8, 4) is 0 Å². The number of pyridine rings is 1. The van der Waals surface area contributed by atoms with Crippen LogP contribution in [0.4, 0.5) is 0 Å². The molecular formula is C18H27N3O3. The molecule has 0 saturated carbocycles. The molecule has 1 aromatic rings. The summed E-state index contributed by atoms with van der Waals surface area (Å²) in [6.45, 7) is 11.4. The van der Waals surface area contributed by atoms with E-state index < -0.39 is 0 Å². The van der Waals surface area contributed by atoms with Gasteiger partial charge in [-0.05, 0) is 38.4 Å². The molecule has 1 saturated heterocycles. The number of amides is 1. The van der Waals surface area contributed by atoms with Crippen molar-refractivity contribution < 1.29 is 9.53 Å². The first-order chi connectivity index (χ1) is 11.5. The zero-order valence-corrected chi connectivity index (χ0v) is 14.6. The summed E-state index contributed by atoms with van der Waals surface area (Å²) in [6.07, 6.45) is 2.03. The molecule has 2 N–H and O–H groups in total. The van der Waals surface area contributed by atoms with E-state index >= 15 is 0 Å². The van der Waals surface area contributed by atoms with E-state index in [1.165, 1.54) is 0 Å². The maximum Gasteiger partial charge on any atom is 0.261 e. The van der Waals surface area contributed by atoms with Crippen LogP contribution in [0.25, 0.3) is 0 Å². The zero-order chi connectivity index (χ0) is 17.5. The van der Waals surface area contributed by atoms with Crippen LogP contribution < -0.4 is 10.9 Å². The Kier molecular flexibility index (Phi) is 6.75. The van der Waals surface area contributed by atoms with Gasteiger partial charge in [0.25, 0.3) is 11.5 Å². The number of carbonyl (C=O) groups is 1. The predicted octanol–water partition coefficient (Wildman–Crippen LogP) is 1.68. The molecule has 1 aliphatic heterocycles. The van der Waals surface area contributed by atoms with Gasteiger partial charge in [-0.25, -0.2) is 0 Å². The number of rotatable bonds is 8. The molecule has 6 heteroatoms. The molecule has 0 bridgehead atoms. The standard InChI is InChI=1S/C18H27N3O3/c1-4-21(11-13(2)3)12-14-7-8-16(18(23)20-14)17(22)19-10-15-6-5-9-24-15/h7-8,15H,2,4-6,9-12H2,1,3H3,(H,19,22)(H,20,23). The summed E-state index contributed by atoms with van der Waals surface area (Å²) in [4.78, 5) is 29.3. The summed E-state index contributed by atoms with van der Waals surface area (Å²) in [5.41, 5.74) is 1.64. The molecule has 1 amide bonds. The summed E-state index contributed by atoms with van der Waals surface area (Å²) in [7, 11) is 0. The maximum atomic E-state index is 12.2. The largest absolute Gasteiger partial charge is 0.376 e. The molecule has 24 heavy (non-hydrogen) atoms. The van der Waals surface area contributed by atoms with Crippen LogP contribution in [0.5, 0.6) is 0 Å². The highest BCUT2D eigenvalue weighted by atomic mass is 16.5. The number of ether oxygens (including phenoxy) is 1. The average molecular weight is 333 g/mol. The fourth-order valence-electron chi connectivity index (χ4n) is 2.79. The minimum atomic E-state index is -0.358. The second-order valence-electron chi connectivity index (χ2n) is 6.33. The first-order valence-corrected chi connectivity index (χ1v) is 8.48. The van der Waals surface area contributed by atoms with Crippen molar-refractivity contribution in [3.63, 3.8) is 0 Å². The van der Waals surface area contributed by atoms with Gasteiger partial charge in [0.1, 0.15) is 5.56 Å². The first kappa shape index (κ1) is 18.4. The van der Waals surface area contributed by atoms with Crippen LogP contribution in [-0.4, -0.2) is 48.1 Å². The molecular weight excluding hydrogens is 306 g/mol. The SMILES string of the molecule is C=C(C)CN(CC)Cc1ccc(C(=O)NCC2CCCO2)c(=O)[nH]1. The highest BCUT2D eigenvalue weighted by Crippen LogP contribution is 2.10. The summed E-state index contributed by atoms with van der Waals surface area (Å²) in [6, 6.07) is 3.39. The van der Waals surface area contributed by atoms with Crippen molar-refractivity contribution in [2.75, 3.05) is 26.2 Å². The van der Waals surface area contributed by atoms with Crippen molar-refractivity contribution in [1.82, 2.24) is 15.2 Å². The van der Waals surface area contributed by atoms with E-state index in [2.05, 4.69) is 28.7 Å². The number of carbonyl (C=O) groups excluding carboxylic acids is 1. The average Bonchev–Trinajstić information content (AvgIpc) is 3.05. The van der Waals surface area contributed by atoms with Crippen molar-refractivity contribution in [2.45, 2.75) is 39.3 Å². The normalized spacial score (nSPS) is 17.2. The number of nitrogens with zero attached hydrogens (tertiary/aromatic N) is 1. The number of aromatic amines is 1. The van der Waals surface area contributed by atoms with Crippen LogP contribution in [-0.2, 0) is 11.3 Å². The molecule has 1 fully saturated rings. The Hall–Kier alpha value is -1.92. The topological polar surface area (TPSA) is 74.4 Å². The summed E-state index contributed by atoms with van der Waals surface area (Å²) in [5, 5.41) is 2.77. The monoisotopic (exact) mass is 333 g/mol. The Labute approximate surface area is 142 Å². The fourth-order valence-corrected chi connectivity index (χ4v) is 2.79. The lowest BCUT2D eigenvalue weighted by Gasteiger charge is -2.20. The lowest BCUT2D eigenvalue weighted by Crippen LogP contribution is -2.35. The van der Waals surface area contributed by atoms with E-state index in [9.17, 15) is 9.59 Å². The molecule has 1 aromatic heterocycles. The molecule has 0 spiro atoms. The van der Waals surface area contributed by atoms with Crippen LogP contribution in [0.1, 0.15) is 42.7 Å². The highest BCUT2D eigenvalue weighted by molar-refractivity contribution is 5.93. The van der Waals surface area contributed by atoms with Crippen LogP contribution in [0.3, 0.4) is 0 Å². The molecule has 132 valence electrons. The Morgan fingerprint density at radius 3 is 2.88 bits per heavy atom. The van der Waals surface area contributed by atoms with Crippen LogP contribution >= 0.6 is 0 Å². The van der Waals surface area contributed by atoms with Gasteiger partial charge in [-0.2, -0.15) is 0 Å². The number of hydrogen-bond donors (Lipinski definition) is 2. The van der Waals surface area contributed by atoms with Crippen LogP contribution in [0.15, 0.2) is 29.1 Å². The van der Waals surface area contributed by atoms with Gasteiger partial charge in [0.15, 0.2) is 0 Å². The van der Waals surface area contributed by atoms with Gasteiger partial charge in [-0.15, -0.1) is 0 Å². The van der Waals surface area contributed by atoms with E-state index in [0.717, 1.165) is 43.8 Å². The molecule has 1 atom stereocenters. The van der Waals surface area contributed by atoms with Gasteiger partial charge in [0, 0.05) is 31.9 Å². The Bertz CT molecular complexity index is 633. The van der Waals surface area contributed by atoms with Gasteiger partial charge in [-0.3, -0.25) is 14.5 Å². The number of aromatic nitrogens is 1. The molecule has 0 aromatic carbocycles. The third kappa shape index (κ3) is 5.32. The van der Waals surface area contributed by atoms with E-state index in [-0.39, 0.29) is 23.1 Å². The van der Waals surface area contributed by atoms with Crippen molar-refractivity contribution in [1.29, 1.82) is 0 Å². The quantitative estimate of drug-likeness (QED) is 0.710. The second-order valence-corrected chi connectivity index (χ2v) is 6.33. The number of nitrogens with one attached hydrogen (secondary N) is 2. The van der Waals surface area contributed by atoms with Gasteiger partial charge < -0.3 is 15.0 Å². The lowest BCUT2D eigenvalue weighted by molar-refractivity contribution is 0.0856. The minimum absolute atomic E-state index is 0.0626. The summed E-state index contributed by atoms with van der Waals surface area (Å²) >= 11 is 0. The molecule has 0 aliphatic carbocycles. The van der Waals surface area contributed by atoms with Crippen molar-refractivity contribution in [2.24, 2.45) is 0 Å². The van der Waals surface area contributed by atoms with Gasteiger partial charge in [0.05, 0.1) is 6.10 Å². The third-order valence-corrected chi connectivity index (χ3v) is 4.06. The van der Waals surface area contributed by atoms with E-state index in [0.29, 0.717) is 13.1 Å². The lowest BCUT2D eigenvalue weighted by atomic mass is 10.2. The number of likely N-dealkylation sites (N-methyl/N-ethyl adjacent to an activating group) is 1. The van der Waals surface area contributed by atoms with Gasteiger partial charge in [0.2, 0.25) is 0 Å². The first-order valence-electron chi connectivity index (χ1n) is 8.48. The Balaban J connectivity index is 1.96. The zero-order valence-electron chi connectivity index (χ0n) is 14.6. The molecule has 1 aliphatic rings.